The predicted molar refractivity (Wildman–Crippen MR) is 75.5 cm³/mol. The minimum atomic E-state index is -0.122. The summed E-state index contributed by atoms with van der Waals surface area (Å²) in [6.07, 6.45) is 3.34. The van der Waals surface area contributed by atoms with Gasteiger partial charge in [0, 0.05) is 6.04 Å². The average Bonchev–Trinajstić information content (AvgIpc) is 2.37. The number of anilines is 1. The first-order valence-electron chi connectivity index (χ1n) is 6.83. The molecule has 1 aliphatic rings. The lowest BCUT2D eigenvalue weighted by Gasteiger charge is -2.31. The van der Waals surface area contributed by atoms with Gasteiger partial charge in [-0.25, -0.2) is 10.8 Å². The molecule has 4 N–H and O–H groups in total. The van der Waals surface area contributed by atoms with Crippen LogP contribution >= 0.6 is 0 Å². The van der Waals surface area contributed by atoms with Crippen LogP contribution in [0.5, 0.6) is 0 Å². The Morgan fingerprint density at radius 3 is 2.58 bits per heavy atom. The van der Waals surface area contributed by atoms with E-state index in [0.29, 0.717) is 23.3 Å². The molecule has 2 rings (SSSR count). The van der Waals surface area contributed by atoms with Crippen molar-refractivity contribution in [3.05, 3.63) is 23.9 Å². The van der Waals surface area contributed by atoms with Crippen molar-refractivity contribution in [1.82, 2.24) is 10.3 Å². The van der Waals surface area contributed by atoms with E-state index < -0.39 is 0 Å². The van der Waals surface area contributed by atoms with Gasteiger partial charge in [0.25, 0.3) is 5.91 Å². The van der Waals surface area contributed by atoms with E-state index in [0.717, 1.165) is 12.8 Å². The van der Waals surface area contributed by atoms with Crippen molar-refractivity contribution in [1.29, 1.82) is 0 Å². The molecule has 104 valence electrons. The fourth-order valence-electron chi connectivity index (χ4n) is 2.97. The van der Waals surface area contributed by atoms with Crippen LogP contribution in [0.1, 0.15) is 43.6 Å². The third-order valence-corrected chi connectivity index (χ3v) is 3.64. The van der Waals surface area contributed by atoms with E-state index in [-0.39, 0.29) is 11.9 Å². The third-order valence-electron chi connectivity index (χ3n) is 3.64. The number of hydrazine groups is 1. The molecule has 0 aromatic carbocycles. The number of amides is 1. The topological polar surface area (TPSA) is 80.0 Å². The highest BCUT2D eigenvalue weighted by molar-refractivity contribution is 5.92. The molecule has 2 atom stereocenters. The largest absolute Gasteiger partial charge is 0.348 e. The summed E-state index contributed by atoms with van der Waals surface area (Å²) in [5.74, 6) is 7.00. The molecule has 1 aliphatic carbocycles. The first-order chi connectivity index (χ1) is 9.08. The molecule has 1 saturated carbocycles. The Morgan fingerprint density at radius 1 is 1.26 bits per heavy atom. The van der Waals surface area contributed by atoms with Crippen molar-refractivity contribution in [3.8, 4) is 0 Å². The summed E-state index contributed by atoms with van der Waals surface area (Å²) in [7, 11) is 0. The van der Waals surface area contributed by atoms with Gasteiger partial charge in [-0.1, -0.05) is 19.9 Å². The first kappa shape index (κ1) is 13.8. The minimum Gasteiger partial charge on any atom is -0.348 e. The van der Waals surface area contributed by atoms with Gasteiger partial charge in [0.05, 0.1) is 0 Å². The molecule has 1 amide bonds. The van der Waals surface area contributed by atoms with Crippen LogP contribution in [0, 0.1) is 11.8 Å². The van der Waals surface area contributed by atoms with E-state index in [2.05, 4.69) is 29.6 Å². The lowest BCUT2D eigenvalue weighted by molar-refractivity contribution is 0.0906. The maximum Gasteiger partial charge on any atom is 0.270 e. The Kier molecular flexibility index (Phi) is 4.37. The van der Waals surface area contributed by atoms with Gasteiger partial charge in [0.2, 0.25) is 0 Å². The van der Waals surface area contributed by atoms with E-state index in [1.807, 2.05) is 0 Å². The van der Waals surface area contributed by atoms with Crippen molar-refractivity contribution >= 4 is 11.7 Å². The van der Waals surface area contributed by atoms with Crippen LogP contribution in [-0.4, -0.2) is 16.9 Å². The molecule has 0 radical (unpaired) electrons. The molecule has 1 aromatic heterocycles. The number of nitrogen functional groups attached to an aromatic ring is 1. The number of rotatable bonds is 3. The molecule has 0 spiro atoms. The van der Waals surface area contributed by atoms with E-state index in [1.165, 1.54) is 6.42 Å². The minimum absolute atomic E-state index is 0.122. The summed E-state index contributed by atoms with van der Waals surface area (Å²) in [6, 6.07) is 5.44. The van der Waals surface area contributed by atoms with Gasteiger partial charge in [-0.15, -0.1) is 0 Å². The second-order valence-electron chi connectivity index (χ2n) is 5.64. The molecule has 0 saturated heterocycles. The lowest BCUT2D eigenvalue weighted by atomic mass is 9.80. The maximum absolute atomic E-state index is 12.2. The summed E-state index contributed by atoms with van der Waals surface area (Å²) in [5.41, 5.74) is 2.85. The Bertz CT molecular complexity index is 439. The Labute approximate surface area is 114 Å². The van der Waals surface area contributed by atoms with E-state index in [4.69, 9.17) is 5.84 Å². The van der Waals surface area contributed by atoms with Crippen molar-refractivity contribution < 1.29 is 4.79 Å². The maximum atomic E-state index is 12.2. The van der Waals surface area contributed by atoms with Gasteiger partial charge in [-0.05, 0) is 43.2 Å². The van der Waals surface area contributed by atoms with Crippen LogP contribution < -0.4 is 16.6 Å². The molecule has 1 aromatic rings. The number of hydrogen-bond donors (Lipinski definition) is 3. The summed E-state index contributed by atoms with van der Waals surface area (Å²) >= 11 is 0. The van der Waals surface area contributed by atoms with Crippen LogP contribution in [0.3, 0.4) is 0 Å². The number of hydrogen-bond acceptors (Lipinski definition) is 4. The smallest absolute Gasteiger partial charge is 0.270 e. The highest BCUT2D eigenvalue weighted by Crippen LogP contribution is 2.28. The van der Waals surface area contributed by atoms with Crippen molar-refractivity contribution in [2.75, 3.05) is 5.43 Å². The first-order valence-corrected chi connectivity index (χ1v) is 6.83. The number of carbonyl (C=O) groups is 1. The van der Waals surface area contributed by atoms with Gasteiger partial charge in [-0.3, -0.25) is 4.79 Å². The normalized spacial score (nSPS) is 26.8. The highest BCUT2D eigenvalue weighted by Gasteiger charge is 2.25. The zero-order chi connectivity index (χ0) is 13.8. The molecule has 5 nitrogen and oxygen atoms in total. The second kappa shape index (κ2) is 6.02. The lowest BCUT2D eigenvalue weighted by Crippen LogP contribution is -2.40. The zero-order valence-electron chi connectivity index (χ0n) is 11.5. The fraction of sp³-hybridized carbons (Fsp3) is 0.571. The Balaban J connectivity index is 2.00. The number of pyridine rings is 1. The average molecular weight is 262 g/mol. The summed E-state index contributed by atoms with van der Waals surface area (Å²) < 4.78 is 0. The zero-order valence-corrected chi connectivity index (χ0v) is 11.5. The summed E-state index contributed by atoms with van der Waals surface area (Å²) in [5, 5.41) is 3.08. The standard InChI is InChI=1S/C14H22N4O/c1-9-6-10(2)8-11(7-9)16-14(19)12-4-3-5-13(17-12)18-15/h3-5,9-11H,6-8,15H2,1-2H3,(H,16,19)(H,17,18). The quantitative estimate of drug-likeness (QED) is 0.574. The summed E-state index contributed by atoms with van der Waals surface area (Å²) in [6.45, 7) is 4.48. The van der Waals surface area contributed by atoms with Crippen LogP contribution in [0.25, 0.3) is 0 Å². The fourth-order valence-corrected chi connectivity index (χ4v) is 2.97. The second-order valence-corrected chi connectivity index (χ2v) is 5.64. The van der Waals surface area contributed by atoms with Crippen molar-refractivity contribution in [2.24, 2.45) is 17.7 Å². The molecule has 0 bridgehead atoms. The number of nitrogens with zero attached hydrogens (tertiary/aromatic N) is 1. The van der Waals surface area contributed by atoms with Crippen LogP contribution in [-0.2, 0) is 0 Å². The molecule has 1 heterocycles. The third kappa shape index (κ3) is 3.67. The predicted octanol–water partition coefficient (Wildman–Crippen LogP) is 1.92. The van der Waals surface area contributed by atoms with Gasteiger partial charge >= 0.3 is 0 Å². The van der Waals surface area contributed by atoms with E-state index >= 15 is 0 Å². The molecule has 2 unspecified atom stereocenters. The number of carbonyl (C=O) groups excluding carboxylic acids is 1. The highest BCUT2D eigenvalue weighted by atomic mass is 16.1. The monoisotopic (exact) mass is 262 g/mol. The molecule has 5 heteroatoms. The summed E-state index contributed by atoms with van der Waals surface area (Å²) in [4.78, 5) is 16.3. The Hall–Kier alpha value is -1.62. The van der Waals surface area contributed by atoms with Crippen LogP contribution in [0.15, 0.2) is 18.2 Å². The molecule has 0 aliphatic heterocycles. The van der Waals surface area contributed by atoms with Crippen molar-refractivity contribution in [3.63, 3.8) is 0 Å². The van der Waals surface area contributed by atoms with Crippen LogP contribution in [0.2, 0.25) is 0 Å². The molecular formula is C14H22N4O. The number of nitrogens with two attached hydrogens (primary N) is 1. The molecule has 1 fully saturated rings. The number of nitrogens with one attached hydrogen (secondary N) is 2. The van der Waals surface area contributed by atoms with E-state index in [9.17, 15) is 4.79 Å². The van der Waals surface area contributed by atoms with E-state index in [1.54, 1.807) is 18.2 Å². The SMILES string of the molecule is CC1CC(C)CC(NC(=O)c2cccc(NN)n2)C1. The molecular weight excluding hydrogens is 240 g/mol. The number of aromatic nitrogens is 1. The van der Waals surface area contributed by atoms with Crippen LogP contribution in [0.4, 0.5) is 5.82 Å². The van der Waals surface area contributed by atoms with Gasteiger partial charge in [0.1, 0.15) is 11.5 Å². The molecule has 19 heavy (non-hydrogen) atoms. The van der Waals surface area contributed by atoms with Gasteiger partial charge in [0.15, 0.2) is 0 Å². The Morgan fingerprint density at radius 2 is 1.95 bits per heavy atom. The van der Waals surface area contributed by atoms with Crippen molar-refractivity contribution in [2.45, 2.75) is 39.2 Å². The van der Waals surface area contributed by atoms with Gasteiger partial charge in [-0.2, -0.15) is 0 Å². The van der Waals surface area contributed by atoms with Gasteiger partial charge < -0.3 is 10.7 Å².